The normalized spacial score (nSPS) is 11.7. The number of nitrogens with one attached hydrogen (secondary N) is 1. The third kappa shape index (κ3) is 2.83. The number of amides is 2. The predicted molar refractivity (Wildman–Crippen MR) is 33.5 cm³/mol. The first-order valence-corrected chi connectivity index (χ1v) is 2.48. The SMILES string of the molecule is C=CC(=O)NC(O)C(N)=O. The van der Waals surface area contributed by atoms with E-state index in [1.54, 1.807) is 0 Å². The van der Waals surface area contributed by atoms with Crippen LogP contribution < -0.4 is 11.1 Å². The predicted octanol–water partition coefficient (Wildman–Crippen LogP) is -1.91. The van der Waals surface area contributed by atoms with Crippen molar-refractivity contribution in [3.05, 3.63) is 12.7 Å². The van der Waals surface area contributed by atoms with Crippen LogP contribution >= 0.6 is 0 Å². The van der Waals surface area contributed by atoms with Gasteiger partial charge in [0.15, 0.2) is 0 Å². The topological polar surface area (TPSA) is 92.4 Å². The Hall–Kier alpha value is -1.36. The summed E-state index contributed by atoms with van der Waals surface area (Å²) in [6.07, 6.45) is -0.711. The quantitative estimate of drug-likeness (QED) is 0.319. The molecule has 0 aliphatic heterocycles. The fourth-order valence-electron chi connectivity index (χ4n) is 0.265. The second-order valence-electron chi connectivity index (χ2n) is 1.52. The molecule has 0 saturated heterocycles. The van der Waals surface area contributed by atoms with Crippen molar-refractivity contribution < 1.29 is 14.7 Å². The van der Waals surface area contributed by atoms with Crippen molar-refractivity contribution in [2.24, 2.45) is 5.73 Å². The van der Waals surface area contributed by atoms with Crippen molar-refractivity contribution in [1.29, 1.82) is 0 Å². The molecule has 0 aliphatic carbocycles. The molecule has 0 aliphatic rings. The van der Waals surface area contributed by atoms with Crippen LogP contribution in [0.15, 0.2) is 12.7 Å². The number of hydrogen-bond donors (Lipinski definition) is 3. The van der Waals surface area contributed by atoms with Gasteiger partial charge in [-0.3, -0.25) is 9.59 Å². The first kappa shape index (κ1) is 8.64. The minimum atomic E-state index is -1.63. The molecule has 0 aromatic carbocycles. The maximum Gasteiger partial charge on any atom is 0.267 e. The van der Waals surface area contributed by atoms with Crippen LogP contribution in [0.5, 0.6) is 0 Å². The Kier molecular flexibility index (Phi) is 3.13. The number of carbonyl (C=O) groups excluding carboxylic acids is 2. The molecule has 56 valence electrons. The number of hydrogen-bond acceptors (Lipinski definition) is 3. The molecular weight excluding hydrogens is 136 g/mol. The Balaban J connectivity index is 3.79. The van der Waals surface area contributed by atoms with Gasteiger partial charge in [0.2, 0.25) is 12.1 Å². The van der Waals surface area contributed by atoms with Crippen molar-refractivity contribution in [2.75, 3.05) is 0 Å². The van der Waals surface area contributed by atoms with E-state index in [0.29, 0.717) is 0 Å². The van der Waals surface area contributed by atoms with Gasteiger partial charge in [-0.15, -0.1) is 0 Å². The number of nitrogens with two attached hydrogens (primary N) is 1. The molecule has 0 spiro atoms. The minimum absolute atomic E-state index is 0.647. The zero-order valence-corrected chi connectivity index (χ0v) is 5.20. The van der Waals surface area contributed by atoms with Gasteiger partial charge in [-0.25, -0.2) is 0 Å². The van der Waals surface area contributed by atoms with Gasteiger partial charge in [0.25, 0.3) is 5.91 Å². The van der Waals surface area contributed by atoms with E-state index >= 15 is 0 Å². The summed E-state index contributed by atoms with van der Waals surface area (Å²) in [5.74, 6) is -1.65. The summed E-state index contributed by atoms with van der Waals surface area (Å²) in [5.41, 5.74) is 4.60. The molecular formula is C5H8N2O3. The van der Waals surface area contributed by atoms with Gasteiger partial charge in [-0.1, -0.05) is 6.58 Å². The summed E-state index contributed by atoms with van der Waals surface area (Å²) in [4.78, 5) is 20.4. The molecule has 0 fully saturated rings. The van der Waals surface area contributed by atoms with E-state index in [4.69, 9.17) is 5.11 Å². The molecule has 4 N–H and O–H groups in total. The van der Waals surface area contributed by atoms with Crippen LogP contribution in [0.25, 0.3) is 0 Å². The maximum atomic E-state index is 10.3. The Morgan fingerprint density at radius 2 is 2.20 bits per heavy atom. The summed E-state index contributed by atoms with van der Waals surface area (Å²) in [6.45, 7) is 3.10. The summed E-state index contributed by atoms with van der Waals surface area (Å²) >= 11 is 0. The minimum Gasteiger partial charge on any atom is -0.366 e. The second kappa shape index (κ2) is 3.62. The number of aliphatic hydroxyl groups excluding tert-OH is 1. The van der Waals surface area contributed by atoms with E-state index < -0.39 is 18.0 Å². The Morgan fingerprint density at radius 1 is 1.70 bits per heavy atom. The monoisotopic (exact) mass is 144 g/mol. The average molecular weight is 144 g/mol. The van der Waals surface area contributed by atoms with E-state index in [1.165, 1.54) is 0 Å². The molecule has 5 heteroatoms. The Labute approximate surface area is 57.5 Å². The fourth-order valence-corrected chi connectivity index (χ4v) is 0.265. The van der Waals surface area contributed by atoms with E-state index in [-0.39, 0.29) is 0 Å². The van der Waals surface area contributed by atoms with Crippen LogP contribution in [0.3, 0.4) is 0 Å². The zero-order valence-electron chi connectivity index (χ0n) is 5.20. The first-order chi connectivity index (χ1) is 4.57. The maximum absolute atomic E-state index is 10.3. The highest BCUT2D eigenvalue weighted by Gasteiger charge is 2.10. The van der Waals surface area contributed by atoms with Gasteiger partial charge in [0.05, 0.1) is 0 Å². The summed E-state index contributed by atoms with van der Waals surface area (Å²) in [7, 11) is 0. The summed E-state index contributed by atoms with van der Waals surface area (Å²) in [5, 5.41) is 10.4. The van der Waals surface area contributed by atoms with E-state index in [1.807, 2.05) is 5.32 Å². The van der Waals surface area contributed by atoms with Gasteiger partial charge >= 0.3 is 0 Å². The van der Waals surface area contributed by atoms with Crippen LogP contribution in [0.2, 0.25) is 0 Å². The molecule has 1 unspecified atom stereocenters. The third-order valence-corrected chi connectivity index (χ3v) is 0.734. The number of rotatable bonds is 3. The van der Waals surface area contributed by atoms with Crippen molar-refractivity contribution in [2.45, 2.75) is 6.23 Å². The highest BCUT2D eigenvalue weighted by Crippen LogP contribution is 1.74. The van der Waals surface area contributed by atoms with E-state index in [0.717, 1.165) is 6.08 Å². The lowest BCUT2D eigenvalue weighted by molar-refractivity contribution is -0.132. The van der Waals surface area contributed by atoms with Crippen LogP contribution in [0.4, 0.5) is 0 Å². The largest absolute Gasteiger partial charge is 0.366 e. The summed E-state index contributed by atoms with van der Waals surface area (Å²) in [6, 6.07) is 0. The van der Waals surface area contributed by atoms with Crippen molar-refractivity contribution in [3.8, 4) is 0 Å². The van der Waals surface area contributed by atoms with Crippen molar-refractivity contribution in [1.82, 2.24) is 5.32 Å². The molecule has 5 nitrogen and oxygen atoms in total. The second-order valence-corrected chi connectivity index (χ2v) is 1.52. The molecule has 10 heavy (non-hydrogen) atoms. The lowest BCUT2D eigenvalue weighted by atomic mass is 10.5. The van der Waals surface area contributed by atoms with Crippen molar-refractivity contribution in [3.63, 3.8) is 0 Å². The molecule has 1 atom stereocenters. The van der Waals surface area contributed by atoms with Gasteiger partial charge in [0.1, 0.15) is 0 Å². The fraction of sp³-hybridized carbons (Fsp3) is 0.200. The first-order valence-electron chi connectivity index (χ1n) is 2.48. The van der Waals surface area contributed by atoms with E-state index in [9.17, 15) is 9.59 Å². The molecule has 0 saturated carbocycles. The Morgan fingerprint density at radius 3 is 2.50 bits per heavy atom. The van der Waals surface area contributed by atoms with Crippen LogP contribution in [0, 0.1) is 0 Å². The van der Waals surface area contributed by atoms with Gasteiger partial charge in [0, 0.05) is 0 Å². The zero-order chi connectivity index (χ0) is 8.15. The summed E-state index contributed by atoms with van der Waals surface area (Å²) < 4.78 is 0. The lowest BCUT2D eigenvalue weighted by Crippen LogP contribution is -2.43. The smallest absolute Gasteiger partial charge is 0.267 e. The molecule has 0 aromatic rings. The van der Waals surface area contributed by atoms with Crippen molar-refractivity contribution >= 4 is 11.8 Å². The third-order valence-electron chi connectivity index (χ3n) is 0.734. The Bertz CT molecular complexity index is 166. The van der Waals surface area contributed by atoms with Gasteiger partial charge in [-0.2, -0.15) is 0 Å². The van der Waals surface area contributed by atoms with Crippen LogP contribution in [0.1, 0.15) is 0 Å². The molecule has 0 heterocycles. The highest BCUT2D eigenvalue weighted by molar-refractivity contribution is 5.91. The highest BCUT2D eigenvalue weighted by atomic mass is 16.3. The molecule has 2 amide bonds. The van der Waals surface area contributed by atoms with Crippen LogP contribution in [-0.4, -0.2) is 23.1 Å². The van der Waals surface area contributed by atoms with Crippen LogP contribution in [-0.2, 0) is 9.59 Å². The van der Waals surface area contributed by atoms with Gasteiger partial charge < -0.3 is 16.2 Å². The average Bonchev–Trinajstić information content (AvgIpc) is 1.87. The van der Waals surface area contributed by atoms with E-state index in [2.05, 4.69) is 12.3 Å². The number of carbonyl (C=O) groups is 2. The number of primary amides is 1. The number of aliphatic hydroxyl groups is 1. The molecule has 0 aromatic heterocycles. The standard InChI is InChI=1S/C5H8N2O3/c1-2-3(8)7-5(10)4(6)9/h2,5,10H,1H2,(H2,6,9)(H,7,8). The lowest BCUT2D eigenvalue weighted by Gasteiger charge is -2.05. The molecule has 0 rings (SSSR count). The molecule has 0 radical (unpaired) electrons. The molecule has 0 bridgehead atoms. The van der Waals surface area contributed by atoms with Gasteiger partial charge in [-0.05, 0) is 6.08 Å².